The normalized spacial score (nSPS) is 20.4. The molecule has 0 N–H and O–H groups in total. The predicted octanol–water partition coefficient (Wildman–Crippen LogP) is 3.56. The Kier molecular flexibility index (Phi) is 3.68. The van der Waals surface area contributed by atoms with E-state index in [2.05, 4.69) is 4.98 Å². The van der Waals surface area contributed by atoms with Crippen molar-refractivity contribution in [1.29, 1.82) is 0 Å². The monoisotopic (exact) mass is 321 g/mol. The molecule has 0 saturated heterocycles. The molecule has 116 valence electrons. The second-order valence-electron chi connectivity index (χ2n) is 5.84. The summed E-state index contributed by atoms with van der Waals surface area (Å²) in [6.07, 6.45) is 0.352. The molecule has 0 radical (unpaired) electrons. The second kappa shape index (κ2) is 5.39. The van der Waals surface area contributed by atoms with Gasteiger partial charge in [-0.3, -0.25) is 9.59 Å². The number of carbonyl (C=O) groups excluding carboxylic acids is 2. The van der Waals surface area contributed by atoms with Crippen LogP contribution in [0.5, 0.6) is 0 Å². The highest BCUT2D eigenvalue weighted by molar-refractivity contribution is 6.35. The summed E-state index contributed by atoms with van der Waals surface area (Å²) in [5.74, 6) is -0.588. The van der Waals surface area contributed by atoms with Crippen LogP contribution >= 0.6 is 11.6 Å². The number of carbonyl (C=O) groups is 2. The Bertz CT molecular complexity index is 765. The fourth-order valence-corrected chi connectivity index (χ4v) is 2.78. The van der Waals surface area contributed by atoms with Crippen LogP contribution in [0, 0.1) is 18.8 Å². The van der Waals surface area contributed by atoms with E-state index in [1.165, 1.54) is 0 Å². The van der Waals surface area contributed by atoms with Crippen LogP contribution < -0.4 is 0 Å². The molecule has 0 spiro atoms. The van der Waals surface area contributed by atoms with Crippen LogP contribution in [-0.2, 0) is 9.53 Å². The maximum absolute atomic E-state index is 12.5. The summed E-state index contributed by atoms with van der Waals surface area (Å²) in [5.41, 5.74) is 1.48. The molecule has 0 amide bonds. The van der Waals surface area contributed by atoms with E-state index in [0.29, 0.717) is 34.0 Å². The Morgan fingerprint density at radius 3 is 2.77 bits per heavy atom. The summed E-state index contributed by atoms with van der Waals surface area (Å²) in [6, 6.07) is 3.23. The maximum Gasteiger partial charge on any atom is 0.309 e. The molecule has 0 bridgehead atoms. The number of hydrogen-bond donors (Lipinski definition) is 0. The van der Waals surface area contributed by atoms with E-state index in [0.717, 1.165) is 0 Å². The number of halogens is 1. The fourth-order valence-electron chi connectivity index (χ4n) is 2.52. The lowest BCUT2D eigenvalue weighted by molar-refractivity contribution is -0.149. The van der Waals surface area contributed by atoms with Crippen molar-refractivity contribution in [2.45, 2.75) is 33.3 Å². The van der Waals surface area contributed by atoms with E-state index >= 15 is 0 Å². The largest absolute Gasteiger partial charge is 0.463 e. The lowest BCUT2D eigenvalue weighted by Gasteiger charge is -2.07. The van der Waals surface area contributed by atoms with Gasteiger partial charge in [0.15, 0.2) is 17.3 Å². The zero-order valence-corrected chi connectivity index (χ0v) is 13.3. The number of benzene rings is 1. The van der Waals surface area contributed by atoms with Crippen molar-refractivity contribution in [3.8, 4) is 0 Å². The lowest BCUT2D eigenvalue weighted by Crippen LogP contribution is -2.16. The number of aryl methyl sites for hydroxylation is 1. The van der Waals surface area contributed by atoms with Gasteiger partial charge in [0.25, 0.3) is 0 Å². The molecular weight excluding hydrogens is 306 g/mol. The van der Waals surface area contributed by atoms with Crippen molar-refractivity contribution >= 4 is 34.5 Å². The van der Waals surface area contributed by atoms with Crippen LogP contribution in [-0.4, -0.2) is 22.8 Å². The van der Waals surface area contributed by atoms with Crippen molar-refractivity contribution in [2.75, 3.05) is 0 Å². The van der Waals surface area contributed by atoms with Gasteiger partial charge in [0.2, 0.25) is 0 Å². The third-order valence-corrected chi connectivity index (χ3v) is 3.90. The first-order valence-corrected chi connectivity index (χ1v) is 7.56. The van der Waals surface area contributed by atoms with E-state index in [1.807, 2.05) is 0 Å². The molecule has 1 heterocycles. The topological polar surface area (TPSA) is 69.4 Å². The summed E-state index contributed by atoms with van der Waals surface area (Å²) in [4.78, 5) is 28.5. The first kappa shape index (κ1) is 15.0. The Hall–Kier alpha value is -1.88. The number of oxazole rings is 1. The molecule has 1 aliphatic rings. The van der Waals surface area contributed by atoms with E-state index in [1.54, 1.807) is 32.9 Å². The van der Waals surface area contributed by atoms with Crippen LogP contribution in [0.2, 0.25) is 5.02 Å². The molecule has 1 fully saturated rings. The molecule has 1 aliphatic carbocycles. The third kappa shape index (κ3) is 2.73. The lowest BCUT2D eigenvalue weighted by atomic mass is 10.1. The van der Waals surface area contributed by atoms with Gasteiger partial charge in [-0.1, -0.05) is 11.6 Å². The number of ether oxygens (including phenoxy) is 1. The van der Waals surface area contributed by atoms with Crippen molar-refractivity contribution in [2.24, 2.45) is 11.8 Å². The molecule has 1 saturated carbocycles. The molecule has 1 aromatic heterocycles. The quantitative estimate of drug-likeness (QED) is 0.636. The van der Waals surface area contributed by atoms with Gasteiger partial charge >= 0.3 is 5.97 Å². The molecule has 2 aromatic rings. The average molecular weight is 322 g/mol. The van der Waals surface area contributed by atoms with Crippen molar-refractivity contribution in [1.82, 2.24) is 4.98 Å². The summed E-state index contributed by atoms with van der Waals surface area (Å²) >= 11 is 6.13. The van der Waals surface area contributed by atoms with Gasteiger partial charge in [-0.15, -0.1) is 0 Å². The second-order valence-corrected chi connectivity index (χ2v) is 6.24. The number of hydrogen-bond acceptors (Lipinski definition) is 5. The highest BCUT2D eigenvalue weighted by atomic mass is 35.5. The van der Waals surface area contributed by atoms with Crippen LogP contribution in [0.15, 0.2) is 16.5 Å². The van der Waals surface area contributed by atoms with E-state index in [9.17, 15) is 9.59 Å². The summed E-state index contributed by atoms with van der Waals surface area (Å²) in [7, 11) is 0. The number of nitrogens with zero attached hydrogens (tertiary/aromatic N) is 1. The maximum atomic E-state index is 12.5. The number of aromatic nitrogens is 1. The molecule has 3 rings (SSSR count). The molecule has 5 nitrogen and oxygen atoms in total. The zero-order valence-electron chi connectivity index (χ0n) is 12.6. The SMILES string of the molecule is Cc1nc2cc(C(=O)[C@H]3C[C@@H]3C(=O)OC(C)C)cc(Cl)c2o1. The standard InChI is InChI=1S/C16H16ClNO4/c1-7(2)21-16(20)11-6-10(11)14(19)9-4-12(17)15-13(5-9)18-8(3)22-15/h4-5,7,10-11H,6H2,1-3H3/t10-,11-/m0/s1. The van der Waals surface area contributed by atoms with Gasteiger partial charge < -0.3 is 9.15 Å². The number of Topliss-reactive ketones (excluding diaryl/α,β-unsaturated/α-hetero) is 1. The molecule has 22 heavy (non-hydrogen) atoms. The molecule has 2 atom stereocenters. The van der Waals surface area contributed by atoms with Gasteiger partial charge in [0.1, 0.15) is 5.52 Å². The minimum absolute atomic E-state index is 0.102. The number of fused-ring (bicyclic) bond motifs is 1. The minimum atomic E-state index is -0.344. The Balaban J connectivity index is 1.80. The molecule has 0 aliphatic heterocycles. The number of rotatable bonds is 4. The van der Waals surface area contributed by atoms with Gasteiger partial charge in [0.05, 0.1) is 17.0 Å². The van der Waals surface area contributed by atoms with Crippen LogP contribution in [0.4, 0.5) is 0 Å². The van der Waals surface area contributed by atoms with Gasteiger partial charge in [-0.25, -0.2) is 4.98 Å². The highest BCUT2D eigenvalue weighted by Gasteiger charge is 2.49. The average Bonchev–Trinajstić information content (AvgIpc) is 3.13. The van der Waals surface area contributed by atoms with E-state index in [-0.39, 0.29) is 29.7 Å². The Labute approximate surface area is 132 Å². The first-order chi connectivity index (χ1) is 10.4. The van der Waals surface area contributed by atoms with Crippen LogP contribution in [0.1, 0.15) is 36.5 Å². The molecule has 1 aromatic carbocycles. The molecule has 6 heteroatoms. The fraction of sp³-hybridized carbons (Fsp3) is 0.438. The first-order valence-electron chi connectivity index (χ1n) is 7.18. The van der Waals surface area contributed by atoms with E-state index < -0.39 is 0 Å². The highest BCUT2D eigenvalue weighted by Crippen LogP contribution is 2.42. The smallest absolute Gasteiger partial charge is 0.309 e. The number of ketones is 1. The number of esters is 1. The predicted molar refractivity (Wildman–Crippen MR) is 80.9 cm³/mol. The summed E-state index contributed by atoms with van der Waals surface area (Å²) in [5, 5.41) is 0.350. The van der Waals surface area contributed by atoms with Crippen LogP contribution in [0.3, 0.4) is 0 Å². The van der Waals surface area contributed by atoms with Crippen molar-refractivity contribution in [3.63, 3.8) is 0 Å². The van der Waals surface area contributed by atoms with Crippen molar-refractivity contribution in [3.05, 3.63) is 28.6 Å². The summed E-state index contributed by atoms with van der Waals surface area (Å²) < 4.78 is 10.5. The molecule has 0 unspecified atom stereocenters. The Morgan fingerprint density at radius 2 is 2.09 bits per heavy atom. The van der Waals surface area contributed by atoms with Gasteiger partial charge in [-0.2, -0.15) is 0 Å². The Morgan fingerprint density at radius 1 is 1.36 bits per heavy atom. The van der Waals surface area contributed by atoms with Gasteiger partial charge in [-0.05, 0) is 32.4 Å². The molecular formula is C16H16ClNO4. The third-order valence-electron chi connectivity index (χ3n) is 3.62. The zero-order chi connectivity index (χ0) is 16.0. The van der Waals surface area contributed by atoms with Gasteiger partial charge in [0, 0.05) is 18.4 Å². The summed E-state index contributed by atoms with van der Waals surface area (Å²) in [6.45, 7) is 5.30. The van der Waals surface area contributed by atoms with Crippen LogP contribution in [0.25, 0.3) is 11.1 Å². The van der Waals surface area contributed by atoms with Crippen molar-refractivity contribution < 1.29 is 18.7 Å². The van der Waals surface area contributed by atoms with E-state index in [4.69, 9.17) is 20.8 Å². The minimum Gasteiger partial charge on any atom is -0.463 e.